The first-order valence-electron chi connectivity index (χ1n) is 6.94. The van der Waals surface area contributed by atoms with Crippen LogP contribution in [0.1, 0.15) is 48.9 Å². The molecule has 0 atom stereocenters. The van der Waals surface area contributed by atoms with Gasteiger partial charge in [0.2, 0.25) is 0 Å². The number of rotatable bonds is 2. The number of carbonyl (C=O) groups is 1. The quantitative estimate of drug-likeness (QED) is 0.840. The van der Waals surface area contributed by atoms with Gasteiger partial charge in [-0.05, 0) is 18.9 Å². The van der Waals surface area contributed by atoms with Crippen LogP contribution in [0.2, 0.25) is 0 Å². The number of aromatic nitrogens is 3. The fourth-order valence-corrected chi connectivity index (χ4v) is 2.67. The van der Waals surface area contributed by atoms with Crippen LogP contribution in [0.25, 0.3) is 5.65 Å². The summed E-state index contributed by atoms with van der Waals surface area (Å²) in [6, 6.07) is 2.10. The molecule has 3 rings (SSSR count). The van der Waals surface area contributed by atoms with E-state index in [-0.39, 0.29) is 5.91 Å². The number of nitrogens with zero attached hydrogens (tertiary/aromatic N) is 3. The van der Waals surface area contributed by atoms with Gasteiger partial charge in [0, 0.05) is 18.4 Å². The zero-order valence-electron chi connectivity index (χ0n) is 10.9. The molecule has 2 aromatic rings. The summed E-state index contributed by atoms with van der Waals surface area (Å²) < 4.78 is 1.63. The molecule has 5 heteroatoms. The number of hydrogen-bond donors (Lipinski definition) is 1. The first-order valence-corrected chi connectivity index (χ1v) is 6.94. The number of carbonyl (C=O) groups excluding carboxylic acids is 1. The third kappa shape index (κ3) is 2.59. The number of nitrogens with one attached hydrogen (secondary N) is 1. The molecule has 0 bridgehead atoms. The first-order chi connectivity index (χ1) is 9.34. The van der Waals surface area contributed by atoms with Crippen molar-refractivity contribution >= 4 is 11.6 Å². The SMILES string of the molecule is O=C(NC1CCCCCC1)c1cnn2cccnc12. The predicted molar refractivity (Wildman–Crippen MR) is 71.9 cm³/mol. The third-order valence-electron chi connectivity index (χ3n) is 3.71. The number of amides is 1. The summed E-state index contributed by atoms with van der Waals surface area (Å²) in [6.07, 6.45) is 12.2. The summed E-state index contributed by atoms with van der Waals surface area (Å²) in [6.45, 7) is 0. The van der Waals surface area contributed by atoms with Gasteiger partial charge in [0.05, 0.1) is 6.20 Å². The van der Waals surface area contributed by atoms with Gasteiger partial charge in [0.15, 0.2) is 5.65 Å². The molecule has 2 heterocycles. The van der Waals surface area contributed by atoms with Crippen LogP contribution in [-0.2, 0) is 0 Å². The summed E-state index contributed by atoms with van der Waals surface area (Å²) in [5.74, 6) is -0.0550. The Labute approximate surface area is 112 Å². The van der Waals surface area contributed by atoms with E-state index in [0.717, 1.165) is 12.8 Å². The van der Waals surface area contributed by atoms with E-state index >= 15 is 0 Å². The van der Waals surface area contributed by atoms with Crippen molar-refractivity contribution in [2.45, 2.75) is 44.6 Å². The Kier molecular flexibility index (Phi) is 3.44. The molecule has 0 unspecified atom stereocenters. The van der Waals surface area contributed by atoms with E-state index in [1.165, 1.54) is 25.7 Å². The van der Waals surface area contributed by atoms with E-state index in [9.17, 15) is 4.79 Å². The molecule has 1 fully saturated rings. The molecule has 1 aliphatic rings. The Morgan fingerprint density at radius 2 is 2.05 bits per heavy atom. The largest absolute Gasteiger partial charge is 0.349 e. The Morgan fingerprint density at radius 1 is 1.26 bits per heavy atom. The minimum Gasteiger partial charge on any atom is -0.349 e. The maximum absolute atomic E-state index is 12.3. The molecule has 2 aromatic heterocycles. The van der Waals surface area contributed by atoms with Crippen molar-refractivity contribution in [1.29, 1.82) is 0 Å². The molecule has 0 spiro atoms. The van der Waals surface area contributed by atoms with E-state index in [1.807, 2.05) is 0 Å². The van der Waals surface area contributed by atoms with Crippen molar-refractivity contribution in [3.8, 4) is 0 Å². The van der Waals surface area contributed by atoms with Crippen molar-refractivity contribution < 1.29 is 4.79 Å². The van der Waals surface area contributed by atoms with Crippen molar-refractivity contribution in [2.24, 2.45) is 0 Å². The van der Waals surface area contributed by atoms with Crippen LogP contribution in [0.15, 0.2) is 24.7 Å². The van der Waals surface area contributed by atoms with Gasteiger partial charge < -0.3 is 5.32 Å². The second-order valence-electron chi connectivity index (χ2n) is 5.11. The average Bonchev–Trinajstić information content (AvgIpc) is 2.70. The van der Waals surface area contributed by atoms with E-state index in [4.69, 9.17) is 0 Å². The Morgan fingerprint density at radius 3 is 2.84 bits per heavy atom. The van der Waals surface area contributed by atoms with Gasteiger partial charge in [-0.3, -0.25) is 4.79 Å². The van der Waals surface area contributed by atoms with Crippen molar-refractivity contribution in [1.82, 2.24) is 19.9 Å². The third-order valence-corrected chi connectivity index (χ3v) is 3.71. The van der Waals surface area contributed by atoms with Crippen molar-refractivity contribution in [3.63, 3.8) is 0 Å². The average molecular weight is 258 g/mol. The van der Waals surface area contributed by atoms with Crippen LogP contribution in [0.5, 0.6) is 0 Å². The molecule has 0 aliphatic heterocycles. The van der Waals surface area contributed by atoms with Crippen LogP contribution >= 0.6 is 0 Å². The van der Waals surface area contributed by atoms with Gasteiger partial charge >= 0.3 is 0 Å². The van der Waals surface area contributed by atoms with E-state index in [0.29, 0.717) is 17.3 Å². The topological polar surface area (TPSA) is 59.3 Å². The summed E-state index contributed by atoms with van der Waals surface area (Å²) in [5, 5.41) is 7.27. The smallest absolute Gasteiger partial charge is 0.256 e. The molecule has 0 saturated heterocycles. The number of fused-ring (bicyclic) bond motifs is 1. The summed E-state index contributed by atoms with van der Waals surface area (Å²) >= 11 is 0. The lowest BCUT2D eigenvalue weighted by molar-refractivity contribution is 0.0935. The van der Waals surface area contributed by atoms with Crippen LogP contribution in [0.4, 0.5) is 0 Å². The van der Waals surface area contributed by atoms with Gasteiger partial charge in [0.25, 0.3) is 5.91 Å². The molecule has 1 N–H and O–H groups in total. The maximum Gasteiger partial charge on any atom is 0.256 e. The van der Waals surface area contributed by atoms with Gasteiger partial charge in [-0.1, -0.05) is 25.7 Å². The summed E-state index contributed by atoms with van der Waals surface area (Å²) in [5.41, 5.74) is 1.18. The van der Waals surface area contributed by atoms with E-state index in [1.54, 1.807) is 29.2 Å². The standard InChI is InChI=1S/C14H18N4O/c19-14(17-11-6-3-1-2-4-7-11)12-10-16-18-9-5-8-15-13(12)18/h5,8-11H,1-4,6-7H2,(H,17,19). The highest BCUT2D eigenvalue weighted by Gasteiger charge is 2.18. The molecule has 1 saturated carbocycles. The van der Waals surface area contributed by atoms with Crippen molar-refractivity contribution in [2.75, 3.05) is 0 Å². The Hall–Kier alpha value is -1.91. The highest BCUT2D eigenvalue weighted by molar-refractivity contribution is 5.99. The van der Waals surface area contributed by atoms with Crippen molar-refractivity contribution in [3.05, 3.63) is 30.2 Å². The second-order valence-corrected chi connectivity index (χ2v) is 5.11. The second kappa shape index (κ2) is 5.38. The maximum atomic E-state index is 12.3. The van der Waals surface area contributed by atoms with E-state index in [2.05, 4.69) is 15.4 Å². The summed E-state index contributed by atoms with van der Waals surface area (Å²) in [7, 11) is 0. The molecule has 0 radical (unpaired) electrons. The normalized spacial score (nSPS) is 17.3. The monoisotopic (exact) mass is 258 g/mol. The fourth-order valence-electron chi connectivity index (χ4n) is 2.67. The van der Waals surface area contributed by atoms with Gasteiger partial charge in [-0.15, -0.1) is 0 Å². The molecule has 100 valence electrons. The molecule has 0 aromatic carbocycles. The predicted octanol–water partition coefficient (Wildman–Crippen LogP) is 2.18. The Balaban J connectivity index is 1.76. The lowest BCUT2D eigenvalue weighted by Gasteiger charge is -2.15. The molecule has 5 nitrogen and oxygen atoms in total. The summed E-state index contributed by atoms with van der Waals surface area (Å²) in [4.78, 5) is 16.5. The molecule has 1 aliphatic carbocycles. The van der Waals surface area contributed by atoms with Crippen LogP contribution < -0.4 is 5.32 Å². The molecule has 1 amide bonds. The van der Waals surface area contributed by atoms with Gasteiger partial charge in [0.1, 0.15) is 5.56 Å². The number of hydrogen-bond acceptors (Lipinski definition) is 3. The lowest BCUT2D eigenvalue weighted by Crippen LogP contribution is -2.34. The van der Waals surface area contributed by atoms with Gasteiger partial charge in [-0.25, -0.2) is 9.50 Å². The highest BCUT2D eigenvalue weighted by atomic mass is 16.1. The Bertz CT molecular complexity index is 570. The molecule has 19 heavy (non-hydrogen) atoms. The minimum atomic E-state index is -0.0550. The highest BCUT2D eigenvalue weighted by Crippen LogP contribution is 2.18. The molecular formula is C14H18N4O. The van der Waals surface area contributed by atoms with Crippen LogP contribution in [0, 0.1) is 0 Å². The fraction of sp³-hybridized carbons (Fsp3) is 0.500. The molecular weight excluding hydrogens is 240 g/mol. The lowest BCUT2D eigenvalue weighted by atomic mass is 10.1. The zero-order chi connectivity index (χ0) is 13.1. The van der Waals surface area contributed by atoms with E-state index < -0.39 is 0 Å². The van der Waals surface area contributed by atoms with Crippen LogP contribution in [-0.4, -0.2) is 26.5 Å². The van der Waals surface area contributed by atoms with Gasteiger partial charge in [-0.2, -0.15) is 5.10 Å². The van der Waals surface area contributed by atoms with Crippen LogP contribution in [0.3, 0.4) is 0 Å². The zero-order valence-corrected chi connectivity index (χ0v) is 10.9. The minimum absolute atomic E-state index is 0.0550. The first kappa shape index (κ1) is 12.1.